The van der Waals surface area contributed by atoms with Crippen molar-refractivity contribution in [2.75, 3.05) is 13.2 Å². The summed E-state index contributed by atoms with van der Waals surface area (Å²) in [6.07, 6.45) is 0. The highest BCUT2D eigenvalue weighted by Crippen LogP contribution is 2.08. The molecule has 5 heteroatoms. The minimum Gasteiger partial charge on any atom is -0.436 e. The molecular formula is C10H16N2O3. The van der Waals surface area contributed by atoms with Gasteiger partial charge in [0.05, 0.1) is 5.69 Å². The molecule has 0 saturated heterocycles. The minimum absolute atomic E-state index is 0.0401. The van der Waals surface area contributed by atoms with Crippen LogP contribution in [-0.2, 0) is 0 Å². The third kappa shape index (κ3) is 3.06. The maximum absolute atomic E-state index is 11.6. The van der Waals surface area contributed by atoms with E-state index in [4.69, 9.17) is 9.52 Å². The number of carbonyl (C=O) groups excluding carboxylic acids is 1. The molecule has 1 atom stereocenters. The summed E-state index contributed by atoms with van der Waals surface area (Å²) in [5, 5.41) is 11.5. The summed E-state index contributed by atoms with van der Waals surface area (Å²) >= 11 is 0. The van der Waals surface area contributed by atoms with Gasteiger partial charge >= 0.3 is 0 Å². The van der Waals surface area contributed by atoms with Gasteiger partial charge in [-0.3, -0.25) is 4.79 Å². The summed E-state index contributed by atoms with van der Waals surface area (Å²) in [6, 6.07) is 0. The fourth-order valence-corrected chi connectivity index (χ4v) is 1.15. The van der Waals surface area contributed by atoms with Gasteiger partial charge in [-0.15, -0.1) is 0 Å². The average Bonchev–Trinajstić information content (AvgIpc) is 2.53. The molecule has 0 bridgehead atoms. The van der Waals surface area contributed by atoms with E-state index in [9.17, 15) is 4.79 Å². The van der Waals surface area contributed by atoms with E-state index in [1.54, 1.807) is 13.8 Å². The number of nitrogens with zero attached hydrogens (tertiary/aromatic N) is 1. The number of aliphatic hydroxyl groups is 1. The molecule has 84 valence electrons. The lowest BCUT2D eigenvalue weighted by Gasteiger charge is -2.08. The number of hydrogen-bond donors (Lipinski definition) is 2. The summed E-state index contributed by atoms with van der Waals surface area (Å²) in [7, 11) is 0. The van der Waals surface area contributed by atoms with E-state index in [2.05, 4.69) is 10.3 Å². The molecule has 1 heterocycles. The van der Waals surface area contributed by atoms with Gasteiger partial charge in [0.15, 0.2) is 5.89 Å². The third-order valence-electron chi connectivity index (χ3n) is 2.03. The van der Waals surface area contributed by atoms with Crippen LogP contribution in [-0.4, -0.2) is 29.1 Å². The van der Waals surface area contributed by atoms with E-state index >= 15 is 0 Å². The van der Waals surface area contributed by atoms with Crippen LogP contribution in [0.1, 0.15) is 29.1 Å². The fourth-order valence-electron chi connectivity index (χ4n) is 1.15. The summed E-state index contributed by atoms with van der Waals surface area (Å²) in [5.41, 5.74) is 0.585. The average molecular weight is 212 g/mol. The first kappa shape index (κ1) is 11.7. The Kier molecular flexibility index (Phi) is 3.85. The zero-order chi connectivity index (χ0) is 11.4. The highest BCUT2D eigenvalue weighted by atomic mass is 16.4. The van der Waals surface area contributed by atoms with Gasteiger partial charge < -0.3 is 14.8 Å². The van der Waals surface area contributed by atoms with E-state index in [0.29, 0.717) is 18.1 Å². The van der Waals surface area contributed by atoms with Crippen molar-refractivity contribution >= 4 is 5.91 Å². The number of hydrogen-bond acceptors (Lipinski definition) is 4. The van der Waals surface area contributed by atoms with Gasteiger partial charge in [0.1, 0.15) is 0 Å². The second kappa shape index (κ2) is 4.93. The van der Waals surface area contributed by atoms with Gasteiger partial charge in [-0.05, 0) is 12.8 Å². The molecule has 15 heavy (non-hydrogen) atoms. The predicted octanol–water partition coefficient (Wildman–Crippen LogP) is 0.650. The number of carbonyl (C=O) groups is 1. The first-order valence-electron chi connectivity index (χ1n) is 4.87. The quantitative estimate of drug-likeness (QED) is 0.768. The van der Waals surface area contributed by atoms with Crippen molar-refractivity contribution in [1.82, 2.24) is 10.3 Å². The number of aryl methyl sites for hydroxylation is 2. The molecule has 0 fully saturated rings. The lowest BCUT2D eigenvalue weighted by atomic mass is 10.2. The first-order valence-corrected chi connectivity index (χ1v) is 4.87. The molecule has 0 aromatic carbocycles. The normalized spacial score (nSPS) is 12.5. The molecule has 0 aliphatic carbocycles. The van der Waals surface area contributed by atoms with Crippen LogP contribution in [0.4, 0.5) is 0 Å². The Morgan fingerprint density at radius 3 is 2.73 bits per heavy atom. The van der Waals surface area contributed by atoms with Crippen molar-refractivity contribution in [1.29, 1.82) is 0 Å². The molecular weight excluding hydrogens is 196 g/mol. The molecule has 0 aliphatic heterocycles. The van der Waals surface area contributed by atoms with Crippen molar-refractivity contribution in [3.05, 3.63) is 17.3 Å². The maximum Gasteiger partial charge on any atom is 0.289 e. The Bertz CT molecular complexity index is 346. The molecule has 0 aliphatic rings. The molecule has 5 nitrogen and oxygen atoms in total. The lowest BCUT2D eigenvalue weighted by molar-refractivity contribution is 0.0912. The molecule has 1 aromatic rings. The van der Waals surface area contributed by atoms with E-state index in [0.717, 1.165) is 0 Å². The molecule has 1 amide bonds. The maximum atomic E-state index is 11.6. The second-order valence-electron chi connectivity index (χ2n) is 3.65. The standard InChI is InChI=1S/C10H16N2O3/c1-6(5-13)4-11-10(14)9-7(2)12-8(3)15-9/h6,13H,4-5H2,1-3H3,(H,11,14). The Balaban J connectivity index is 2.58. The van der Waals surface area contributed by atoms with Crippen LogP contribution in [0.5, 0.6) is 0 Å². The Morgan fingerprint density at radius 2 is 2.27 bits per heavy atom. The van der Waals surface area contributed by atoms with Crippen molar-refractivity contribution in [3.8, 4) is 0 Å². The van der Waals surface area contributed by atoms with E-state index in [1.807, 2.05) is 6.92 Å². The van der Waals surface area contributed by atoms with Crippen molar-refractivity contribution in [2.45, 2.75) is 20.8 Å². The van der Waals surface area contributed by atoms with E-state index in [1.165, 1.54) is 0 Å². The predicted molar refractivity (Wildman–Crippen MR) is 54.6 cm³/mol. The highest BCUT2D eigenvalue weighted by molar-refractivity contribution is 5.92. The van der Waals surface area contributed by atoms with Gasteiger partial charge in [-0.25, -0.2) is 4.98 Å². The molecule has 0 spiro atoms. The Labute approximate surface area is 88.5 Å². The molecule has 1 unspecified atom stereocenters. The van der Waals surface area contributed by atoms with Crippen LogP contribution in [0.15, 0.2) is 4.42 Å². The van der Waals surface area contributed by atoms with Gasteiger partial charge in [-0.2, -0.15) is 0 Å². The van der Waals surface area contributed by atoms with Crippen LogP contribution in [0, 0.1) is 19.8 Å². The third-order valence-corrected chi connectivity index (χ3v) is 2.03. The summed E-state index contributed by atoms with van der Waals surface area (Å²) in [6.45, 7) is 5.74. The van der Waals surface area contributed by atoms with Crippen molar-refractivity contribution in [3.63, 3.8) is 0 Å². The summed E-state index contributed by atoms with van der Waals surface area (Å²) < 4.78 is 5.16. The van der Waals surface area contributed by atoms with E-state index < -0.39 is 0 Å². The highest BCUT2D eigenvalue weighted by Gasteiger charge is 2.15. The molecule has 0 saturated carbocycles. The van der Waals surface area contributed by atoms with Gasteiger partial charge in [-0.1, -0.05) is 6.92 Å². The van der Waals surface area contributed by atoms with Gasteiger partial charge in [0.25, 0.3) is 5.91 Å². The second-order valence-corrected chi connectivity index (χ2v) is 3.65. The van der Waals surface area contributed by atoms with Crippen molar-refractivity contribution in [2.24, 2.45) is 5.92 Å². The van der Waals surface area contributed by atoms with Crippen molar-refractivity contribution < 1.29 is 14.3 Å². The van der Waals surface area contributed by atoms with Gasteiger partial charge in [0, 0.05) is 20.1 Å². The number of oxazole rings is 1. The SMILES string of the molecule is Cc1nc(C)c(C(=O)NCC(C)CO)o1. The van der Waals surface area contributed by atoms with Crippen LogP contribution in [0.25, 0.3) is 0 Å². The number of nitrogens with one attached hydrogen (secondary N) is 1. The largest absolute Gasteiger partial charge is 0.436 e. The number of aliphatic hydroxyl groups excluding tert-OH is 1. The Hall–Kier alpha value is -1.36. The molecule has 1 rings (SSSR count). The van der Waals surface area contributed by atoms with Crippen LogP contribution in [0.2, 0.25) is 0 Å². The van der Waals surface area contributed by atoms with Crippen LogP contribution >= 0.6 is 0 Å². The first-order chi connectivity index (χ1) is 7.04. The molecule has 0 radical (unpaired) electrons. The fraction of sp³-hybridized carbons (Fsp3) is 0.600. The zero-order valence-corrected chi connectivity index (χ0v) is 9.20. The van der Waals surface area contributed by atoms with Gasteiger partial charge in [0.2, 0.25) is 5.76 Å². The zero-order valence-electron chi connectivity index (χ0n) is 9.20. The number of rotatable bonds is 4. The lowest BCUT2D eigenvalue weighted by Crippen LogP contribution is -2.29. The Morgan fingerprint density at radius 1 is 1.60 bits per heavy atom. The molecule has 1 aromatic heterocycles. The minimum atomic E-state index is -0.284. The van der Waals surface area contributed by atoms with E-state index in [-0.39, 0.29) is 24.2 Å². The summed E-state index contributed by atoms with van der Waals surface area (Å²) in [5.74, 6) is 0.483. The monoisotopic (exact) mass is 212 g/mol. The topological polar surface area (TPSA) is 75.4 Å². The smallest absolute Gasteiger partial charge is 0.289 e. The summed E-state index contributed by atoms with van der Waals surface area (Å²) in [4.78, 5) is 15.6. The van der Waals surface area contributed by atoms with Crippen LogP contribution in [0.3, 0.4) is 0 Å². The van der Waals surface area contributed by atoms with Crippen LogP contribution < -0.4 is 5.32 Å². The molecule has 2 N–H and O–H groups in total. The number of amides is 1. The number of aromatic nitrogens is 1.